The van der Waals surface area contributed by atoms with Gasteiger partial charge in [0.05, 0.1) is 6.61 Å². The first-order chi connectivity index (χ1) is 17.2. The number of amides is 2. The summed E-state index contributed by atoms with van der Waals surface area (Å²) >= 11 is 0. The Hall–Kier alpha value is -3.76. The van der Waals surface area contributed by atoms with Gasteiger partial charge in [0.2, 0.25) is 11.8 Å². The van der Waals surface area contributed by atoms with Crippen molar-refractivity contribution in [3.8, 4) is 5.75 Å². The fourth-order valence-electron chi connectivity index (χ4n) is 4.22. The number of ether oxygens (including phenoxy) is 2. The maximum atomic E-state index is 13.4. The van der Waals surface area contributed by atoms with Crippen LogP contribution in [-0.4, -0.2) is 55.4 Å². The molecule has 2 amide bonds. The van der Waals surface area contributed by atoms with E-state index in [9.17, 15) is 9.59 Å². The number of rotatable bonds is 11. The van der Waals surface area contributed by atoms with Gasteiger partial charge in [-0.2, -0.15) is 0 Å². The van der Waals surface area contributed by atoms with Crippen LogP contribution in [0, 0.1) is 16.2 Å². The Morgan fingerprint density at radius 2 is 1.92 bits per heavy atom. The van der Waals surface area contributed by atoms with Crippen LogP contribution in [0.15, 0.2) is 48.6 Å². The van der Waals surface area contributed by atoms with Gasteiger partial charge in [-0.3, -0.25) is 15.0 Å². The van der Waals surface area contributed by atoms with Crippen LogP contribution >= 0.6 is 0 Å². The third-order valence-electron chi connectivity index (χ3n) is 6.37. The van der Waals surface area contributed by atoms with Gasteiger partial charge in [-0.25, -0.2) is 0 Å². The van der Waals surface area contributed by atoms with Gasteiger partial charge in [-0.1, -0.05) is 36.4 Å². The molecule has 10 nitrogen and oxygen atoms in total. The van der Waals surface area contributed by atoms with Crippen LogP contribution in [0.3, 0.4) is 0 Å². The second kappa shape index (κ2) is 11.8. The number of primary amides is 1. The largest absolute Gasteiger partial charge is 0.491 e. The molecule has 0 bridgehead atoms. The number of piperidine rings is 1. The lowest BCUT2D eigenvalue weighted by Crippen LogP contribution is -2.60. The summed E-state index contributed by atoms with van der Waals surface area (Å²) in [6, 6.07) is 4.96. The lowest BCUT2D eigenvalue weighted by atomic mass is 9.76. The Balaban J connectivity index is 1.70. The molecule has 0 saturated carbocycles. The highest BCUT2D eigenvalue weighted by atomic mass is 16.5. The summed E-state index contributed by atoms with van der Waals surface area (Å²) < 4.78 is 12.1. The minimum Gasteiger partial charge on any atom is -0.491 e. The molecule has 1 atom stereocenters. The molecule has 36 heavy (non-hydrogen) atoms. The first-order valence-corrected chi connectivity index (χ1v) is 11.8. The van der Waals surface area contributed by atoms with Crippen LogP contribution < -0.4 is 26.8 Å². The fraction of sp³-hybridized carbons (Fsp3) is 0.385. The van der Waals surface area contributed by atoms with Crippen LogP contribution in [-0.2, 0) is 14.3 Å². The second-order valence-corrected chi connectivity index (χ2v) is 8.89. The molecule has 0 aromatic heterocycles. The van der Waals surface area contributed by atoms with Crippen molar-refractivity contribution in [2.45, 2.75) is 31.9 Å². The van der Waals surface area contributed by atoms with E-state index < -0.39 is 17.0 Å². The van der Waals surface area contributed by atoms with Gasteiger partial charge in [0.25, 0.3) is 0 Å². The number of nitrogens with one attached hydrogen (secondary N) is 4. The van der Waals surface area contributed by atoms with Gasteiger partial charge in [0, 0.05) is 35.8 Å². The molecule has 1 aromatic carbocycles. The molecule has 1 aromatic rings. The fourth-order valence-corrected chi connectivity index (χ4v) is 4.22. The molecule has 8 N–H and O–H groups in total. The third kappa shape index (κ3) is 6.46. The molecular formula is C26H34N6O4. The Morgan fingerprint density at radius 1 is 1.17 bits per heavy atom. The number of hydrogen-bond acceptors (Lipinski definition) is 7. The zero-order chi connectivity index (χ0) is 26.2. The van der Waals surface area contributed by atoms with Crippen LogP contribution in [0.5, 0.6) is 5.75 Å². The van der Waals surface area contributed by atoms with Crippen molar-refractivity contribution in [1.29, 1.82) is 10.8 Å². The first-order valence-electron chi connectivity index (χ1n) is 11.8. The number of nitrogen functional groups attached to an aromatic ring is 1. The molecule has 192 valence electrons. The minimum absolute atomic E-state index is 0.111. The number of hydrogen-bond donors (Lipinski definition) is 6. The number of carbonyl (C=O) groups excluding carboxylic acids is 2. The van der Waals surface area contributed by atoms with Crippen molar-refractivity contribution in [2.75, 3.05) is 26.3 Å². The SMILES string of the molecule is CC(=N)C1(C(=O)NC2(OCCOc3cc(C(=N)N)ccc3C=CC(N)=O)CCNCC2)C=CC=CC1. The number of allylic oxidation sites excluding steroid dienone is 3. The maximum Gasteiger partial charge on any atom is 0.241 e. The zero-order valence-electron chi connectivity index (χ0n) is 20.4. The molecule has 1 aliphatic carbocycles. The van der Waals surface area contributed by atoms with Crippen molar-refractivity contribution in [3.63, 3.8) is 0 Å². The molecule has 1 fully saturated rings. The van der Waals surface area contributed by atoms with Gasteiger partial charge in [-0.05, 0) is 38.6 Å². The third-order valence-corrected chi connectivity index (χ3v) is 6.37. The molecule has 1 unspecified atom stereocenters. The van der Waals surface area contributed by atoms with Gasteiger partial charge < -0.3 is 37.0 Å². The summed E-state index contributed by atoms with van der Waals surface area (Å²) in [6.45, 7) is 3.33. The van der Waals surface area contributed by atoms with E-state index in [0.29, 0.717) is 49.2 Å². The van der Waals surface area contributed by atoms with Crippen molar-refractivity contribution in [2.24, 2.45) is 16.9 Å². The summed E-state index contributed by atoms with van der Waals surface area (Å²) in [4.78, 5) is 24.6. The van der Waals surface area contributed by atoms with Crippen LogP contribution in [0.2, 0.25) is 0 Å². The molecule has 1 aliphatic heterocycles. The van der Waals surface area contributed by atoms with E-state index in [1.54, 1.807) is 37.3 Å². The summed E-state index contributed by atoms with van der Waals surface area (Å²) in [6.07, 6.45) is 11.6. The normalized spacial score (nSPS) is 20.7. The van der Waals surface area contributed by atoms with Crippen LogP contribution in [0.4, 0.5) is 0 Å². The highest BCUT2D eigenvalue weighted by Gasteiger charge is 2.43. The summed E-state index contributed by atoms with van der Waals surface area (Å²) in [7, 11) is 0. The van der Waals surface area contributed by atoms with E-state index in [4.69, 9.17) is 31.8 Å². The van der Waals surface area contributed by atoms with Crippen molar-refractivity contribution < 1.29 is 19.1 Å². The average molecular weight is 495 g/mol. The molecule has 10 heteroatoms. The molecule has 1 heterocycles. The summed E-state index contributed by atoms with van der Waals surface area (Å²) in [5.74, 6) is -0.541. The molecular weight excluding hydrogens is 460 g/mol. The Morgan fingerprint density at radius 3 is 2.53 bits per heavy atom. The van der Waals surface area contributed by atoms with Crippen LogP contribution in [0.25, 0.3) is 6.08 Å². The van der Waals surface area contributed by atoms with E-state index in [0.717, 1.165) is 0 Å². The van der Waals surface area contributed by atoms with E-state index in [1.807, 2.05) is 12.2 Å². The Bertz CT molecular complexity index is 1100. The average Bonchev–Trinajstić information content (AvgIpc) is 2.86. The van der Waals surface area contributed by atoms with E-state index in [1.165, 1.54) is 12.2 Å². The molecule has 3 rings (SSSR count). The predicted molar refractivity (Wildman–Crippen MR) is 139 cm³/mol. The number of benzene rings is 1. The van der Waals surface area contributed by atoms with Crippen molar-refractivity contribution >= 4 is 29.4 Å². The lowest BCUT2D eigenvalue weighted by molar-refractivity contribution is -0.144. The van der Waals surface area contributed by atoms with Gasteiger partial charge >= 0.3 is 0 Å². The first kappa shape index (κ1) is 26.8. The van der Waals surface area contributed by atoms with E-state index >= 15 is 0 Å². The minimum atomic E-state index is -1.03. The predicted octanol–water partition coefficient (Wildman–Crippen LogP) is 1.60. The standard InChI is InChI=1S/C26H34N6O4/c1-18(27)25(9-3-2-4-10-25)24(34)32-26(11-13-31-14-12-26)36-16-15-35-21-17-20(23(29)30)6-5-19(21)7-8-22(28)33/h2-9,17,27,31H,10-16H2,1H3,(H2,28,33)(H3,29,30)(H,32,34). The smallest absolute Gasteiger partial charge is 0.241 e. The summed E-state index contributed by atoms with van der Waals surface area (Å²) in [5.41, 5.74) is 10.2. The highest BCUT2D eigenvalue weighted by Crippen LogP contribution is 2.32. The van der Waals surface area contributed by atoms with E-state index in [2.05, 4.69) is 10.6 Å². The van der Waals surface area contributed by atoms with Crippen molar-refractivity contribution in [3.05, 3.63) is 59.7 Å². The lowest BCUT2D eigenvalue weighted by Gasteiger charge is -2.41. The topological polar surface area (TPSA) is 176 Å². The maximum absolute atomic E-state index is 13.4. The second-order valence-electron chi connectivity index (χ2n) is 8.89. The number of nitrogens with two attached hydrogens (primary N) is 2. The quantitative estimate of drug-likeness (QED) is 0.0895. The van der Waals surface area contributed by atoms with Crippen LogP contribution in [0.1, 0.15) is 37.3 Å². The molecule has 0 radical (unpaired) electrons. The molecule has 1 saturated heterocycles. The van der Waals surface area contributed by atoms with Gasteiger partial charge in [0.1, 0.15) is 29.3 Å². The Kier molecular flexibility index (Phi) is 8.78. The van der Waals surface area contributed by atoms with Gasteiger partial charge in [0.15, 0.2) is 0 Å². The monoisotopic (exact) mass is 494 g/mol. The zero-order valence-corrected chi connectivity index (χ0v) is 20.4. The van der Waals surface area contributed by atoms with E-state index in [-0.39, 0.29) is 30.7 Å². The molecule has 0 spiro atoms. The van der Waals surface area contributed by atoms with Gasteiger partial charge in [-0.15, -0.1) is 0 Å². The Labute approximate surface area is 210 Å². The summed E-state index contributed by atoms with van der Waals surface area (Å²) in [5, 5.41) is 22.3. The number of amidine groups is 1. The highest BCUT2D eigenvalue weighted by molar-refractivity contribution is 6.09. The molecule has 2 aliphatic rings. The number of carbonyl (C=O) groups is 2. The van der Waals surface area contributed by atoms with Crippen molar-refractivity contribution in [1.82, 2.24) is 10.6 Å².